The number of benzene rings is 3. The van der Waals surface area contributed by atoms with Gasteiger partial charge < -0.3 is 28.7 Å². The number of carbonyl (C=O) groups is 2. The van der Waals surface area contributed by atoms with Crippen molar-refractivity contribution < 1.29 is 33.4 Å². The Kier molecular flexibility index (Phi) is 9.75. The molecule has 47 heavy (non-hydrogen) atoms. The third-order valence-corrected chi connectivity index (χ3v) is 9.62. The van der Waals surface area contributed by atoms with Crippen LogP contribution in [0.4, 0.5) is 5.69 Å². The van der Waals surface area contributed by atoms with Crippen molar-refractivity contribution in [1.29, 1.82) is 0 Å². The summed E-state index contributed by atoms with van der Waals surface area (Å²) in [6.45, 7) is 5.06. The number of carbonyl (C=O) groups excluding carboxylic acids is 1. The van der Waals surface area contributed by atoms with Crippen LogP contribution in [0.3, 0.4) is 0 Å². The third-order valence-electron chi connectivity index (χ3n) is 9.62. The predicted molar refractivity (Wildman–Crippen MR) is 181 cm³/mol. The average molecular weight is 643 g/mol. The van der Waals surface area contributed by atoms with Crippen molar-refractivity contribution in [2.75, 3.05) is 59.1 Å². The molecule has 3 aromatic rings. The second-order valence-corrected chi connectivity index (χ2v) is 14.1. The maximum atomic E-state index is 14.3. The molecule has 6 rings (SSSR count). The van der Waals surface area contributed by atoms with Gasteiger partial charge >= 0.3 is 5.97 Å². The smallest absolute Gasteiger partial charge is 0.308 e. The number of amides is 1. The molecular weight excluding hydrogens is 594 g/mol. The third kappa shape index (κ3) is 7.41. The van der Waals surface area contributed by atoms with E-state index in [2.05, 4.69) is 51.2 Å². The summed E-state index contributed by atoms with van der Waals surface area (Å²) in [4.78, 5) is 31.5. The lowest BCUT2D eigenvalue weighted by atomic mass is 9.83. The average Bonchev–Trinajstić information content (AvgIpc) is 3.78. The lowest BCUT2D eigenvalue weighted by molar-refractivity contribution is -0.884. The van der Waals surface area contributed by atoms with Gasteiger partial charge in [-0.1, -0.05) is 49.7 Å². The normalized spacial score (nSPS) is 20.2. The number of rotatable bonds is 13. The minimum absolute atomic E-state index is 0.00433. The molecule has 3 aromatic carbocycles. The molecule has 0 aliphatic carbocycles. The summed E-state index contributed by atoms with van der Waals surface area (Å²) in [6, 6.07) is 19.9. The summed E-state index contributed by atoms with van der Waals surface area (Å²) >= 11 is 0. The van der Waals surface area contributed by atoms with E-state index < -0.39 is 11.9 Å². The molecule has 3 heterocycles. The lowest BCUT2D eigenvalue weighted by Crippen LogP contribution is -2.44. The molecular formula is C38H48N3O6+. The van der Waals surface area contributed by atoms with Crippen LogP contribution in [0.25, 0.3) is 0 Å². The van der Waals surface area contributed by atoms with Gasteiger partial charge in [-0.15, -0.1) is 0 Å². The zero-order chi connectivity index (χ0) is 33.1. The Labute approximate surface area is 278 Å². The highest BCUT2D eigenvalue weighted by Crippen LogP contribution is 2.43. The van der Waals surface area contributed by atoms with E-state index >= 15 is 0 Å². The van der Waals surface area contributed by atoms with Crippen LogP contribution in [0, 0.1) is 5.92 Å². The van der Waals surface area contributed by atoms with E-state index in [1.54, 1.807) is 0 Å². The van der Waals surface area contributed by atoms with Crippen LogP contribution in [-0.4, -0.2) is 86.6 Å². The summed E-state index contributed by atoms with van der Waals surface area (Å²) in [7, 11) is 6.48. The standard InChI is InChI=1S/C38H47N3O6/c1-5-6-18-40(30-11-7-9-26(20-30)24-41(2,3)4)35(42)23-39-22-31(28-14-16-33-29(21-28)17-19-45-33)36(38(43)44)32(39)15-13-27-10-8-12-34-37(27)47-25-46-34/h7-12,14,16,20-21,31-32,36H,5-6,13,15,17-19,22-25H2,1-4H3/p+1/t31-,32+,36?/m1/s1. The van der Waals surface area contributed by atoms with E-state index in [0.29, 0.717) is 38.3 Å². The highest BCUT2D eigenvalue weighted by Gasteiger charge is 2.47. The Hall–Kier alpha value is -4.08. The molecule has 0 aromatic heterocycles. The predicted octanol–water partition coefficient (Wildman–Crippen LogP) is 5.49. The first kappa shape index (κ1) is 32.8. The number of carboxylic acid groups (broad SMARTS) is 1. The molecule has 3 atom stereocenters. The molecule has 0 bridgehead atoms. The monoisotopic (exact) mass is 642 g/mol. The van der Waals surface area contributed by atoms with Gasteiger partial charge in [0, 0.05) is 42.7 Å². The number of para-hydroxylation sites is 1. The molecule has 0 radical (unpaired) electrons. The highest BCUT2D eigenvalue weighted by molar-refractivity contribution is 5.95. The van der Waals surface area contributed by atoms with E-state index in [0.717, 1.165) is 64.2 Å². The molecule has 1 saturated heterocycles. The van der Waals surface area contributed by atoms with Crippen LogP contribution in [0.1, 0.15) is 54.4 Å². The number of unbranched alkanes of at least 4 members (excludes halogenated alkanes) is 1. The Morgan fingerprint density at radius 3 is 2.62 bits per heavy atom. The van der Waals surface area contributed by atoms with Crippen LogP contribution < -0.4 is 19.1 Å². The molecule has 1 fully saturated rings. The maximum absolute atomic E-state index is 14.3. The van der Waals surface area contributed by atoms with Crippen LogP contribution in [-0.2, 0) is 29.0 Å². The number of anilines is 1. The van der Waals surface area contributed by atoms with E-state index in [4.69, 9.17) is 14.2 Å². The number of fused-ring (bicyclic) bond motifs is 2. The molecule has 1 unspecified atom stereocenters. The fraction of sp³-hybridized carbons (Fsp3) is 0.474. The SMILES string of the molecule is CCCCN(C(=O)CN1C[C@H](c2ccc3c(c2)CCO3)C(C(=O)O)[C@@H]1CCc1cccc2c1OCO2)c1cccc(C[N+](C)(C)C)c1. The van der Waals surface area contributed by atoms with Crippen molar-refractivity contribution in [3.63, 3.8) is 0 Å². The number of hydrogen-bond acceptors (Lipinski definition) is 6. The fourth-order valence-electron chi connectivity index (χ4n) is 7.46. The van der Waals surface area contributed by atoms with Crippen LogP contribution in [0.15, 0.2) is 60.7 Å². The zero-order valence-corrected chi connectivity index (χ0v) is 28.1. The van der Waals surface area contributed by atoms with Gasteiger partial charge in [-0.3, -0.25) is 14.5 Å². The van der Waals surface area contributed by atoms with Crippen molar-refractivity contribution in [1.82, 2.24) is 4.90 Å². The second-order valence-electron chi connectivity index (χ2n) is 14.1. The number of ether oxygens (including phenoxy) is 3. The molecule has 250 valence electrons. The van der Waals surface area contributed by atoms with Gasteiger partial charge in [-0.25, -0.2) is 0 Å². The molecule has 9 heteroatoms. The van der Waals surface area contributed by atoms with Gasteiger partial charge in [-0.2, -0.15) is 0 Å². The maximum Gasteiger partial charge on any atom is 0.308 e. The first-order chi connectivity index (χ1) is 22.6. The Morgan fingerprint density at radius 1 is 1.00 bits per heavy atom. The highest BCUT2D eigenvalue weighted by atomic mass is 16.7. The largest absolute Gasteiger partial charge is 0.493 e. The summed E-state index contributed by atoms with van der Waals surface area (Å²) in [6.07, 6.45) is 3.85. The van der Waals surface area contributed by atoms with Gasteiger partial charge in [0.2, 0.25) is 12.7 Å². The minimum atomic E-state index is -0.833. The number of carboxylic acids is 1. The van der Waals surface area contributed by atoms with Crippen molar-refractivity contribution in [2.24, 2.45) is 5.92 Å². The van der Waals surface area contributed by atoms with Crippen LogP contribution >= 0.6 is 0 Å². The lowest BCUT2D eigenvalue weighted by Gasteiger charge is -2.30. The van der Waals surface area contributed by atoms with Crippen molar-refractivity contribution in [3.05, 3.63) is 82.9 Å². The first-order valence-electron chi connectivity index (χ1n) is 16.9. The minimum Gasteiger partial charge on any atom is -0.493 e. The van der Waals surface area contributed by atoms with Crippen molar-refractivity contribution >= 4 is 17.6 Å². The summed E-state index contributed by atoms with van der Waals surface area (Å²) in [5, 5.41) is 10.7. The number of aliphatic carboxylic acids is 1. The Bertz CT molecular complexity index is 1600. The zero-order valence-electron chi connectivity index (χ0n) is 28.1. The number of likely N-dealkylation sites (tertiary alicyclic amines) is 1. The Balaban J connectivity index is 1.30. The van der Waals surface area contributed by atoms with Gasteiger partial charge in [0.05, 0.1) is 40.2 Å². The van der Waals surface area contributed by atoms with Gasteiger partial charge in [0.25, 0.3) is 0 Å². The van der Waals surface area contributed by atoms with E-state index in [9.17, 15) is 14.7 Å². The topological polar surface area (TPSA) is 88.5 Å². The second kappa shape index (κ2) is 14.0. The van der Waals surface area contributed by atoms with Crippen molar-refractivity contribution in [3.8, 4) is 17.2 Å². The molecule has 1 amide bonds. The van der Waals surface area contributed by atoms with Gasteiger partial charge in [-0.05, 0) is 60.2 Å². The molecule has 0 spiro atoms. The van der Waals surface area contributed by atoms with E-state index in [1.165, 1.54) is 5.56 Å². The van der Waals surface area contributed by atoms with Crippen LogP contribution in [0.5, 0.6) is 17.2 Å². The molecule has 9 nitrogen and oxygen atoms in total. The van der Waals surface area contributed by atoms with Crippen molar-refractivity contribution in [2.45, 2.75) is 57.5 Å². The number of nitrogens with zero attached hydrogens (tertiary/aromatic N) is 3. The number of aryl methyl sites for hydroxylation is 1. The molecule has 3 aliphatic heterocycles. The van der Waals surface area contributed by atoms with Crippen LogP contribution in [0.2, 0.25) is 0 Å². The van der Waals surface area contributed by atoms with E-state index in [-0.39, 0.29) is 31.2 Å². The number of quaternary nitrogens is 1. The fourth-order valence-corrected chi connectivity index (χ4v) is 7.46. The summed E-state index contributed by atoms with van der Waals surface area (Å²) in [5.41, 5.74) is 5.18. The summed E-state index contributed by atoms with van der Waals surface area (Å²) in [5.74, 6) is 0.559. The number of hydrogen-bond donors (Lipinski definition) is 1. The molecule has 1 N–H and O–H groups in total. The summed E-state index contributed by atoms with van der Waals surface area (Å²) < 4.78 is 17.9. The van der Waals surface area contributed by atoms with Gasteiger partial charge in [0.1, 0.15) is 12.3 Å². The molecule has 3 aliphatic rings. The first-order valence-corrected chi connectivity index (χ1v) is 16.9. The van der Waals surface area contributed by atoms with E-state index in [1.807, 2.05) is 47.4 Å². The quantitative estimate of drug-likeness (QED) is 0.247. The molecule has 0 saturated carbocycles. The Morgan fingerprint density at radius 2 is 1.83 bits per heavy atom. The van der Waals surface area contributed by atoms with Gasteiger partial charge in [0.15, 0.2) is 11.5 Å².